The number of rotatable bonds is 7. The third kappa shape index (κ3) is 4.26. The minimum absolute atomic E-state index is 0.142. The summed E-state index contributed by atoms with van der Waals surface area (Å²) >= 11 is 1.26. The van der Waals surface area contributed by atoms with Crippen molar-refractivity contribution in [2.45, 2.75) is 33.8 Å². The predicted octanol–water partition coefficient (Wildman–Crippen LogP) is 2.44. The average Bonchev–Trinajstić information content (AvgIpc) is 3.20. The Bertz CT molecular complexity index is 851. The number of hydrogen-bond donors (Lipinski definition) is 2. The molecule has 0 radical (unpaired) electrons. The summed E-state index contributed by atoms with van der Waals surface area (Å²) in [5.74, 6) is -1.67. The molecule has 2 N–H and O–H groups in total. The smallest absolute Gasteiger partial charge is 0.326 e. The van der Waals surface area contributed by atoms with Gasteiger partial charge in [0, 0.05) is 11.3 Å². The number of esters is 1. The van der Waals surface area contributed by atoms with E-state index in [4.69, 9.17) is 4.74 Å². The number of amides is 1. The molecule has 138 valence electrons. The molecule has 8 heteroatoms. The van der Waals surface area contributed by atoms with Gasteiger partial charge in [0.15, 0.2) is 11.9 Å². The van der Waals surface area contributed by atoms with Crippen LogP contribution in [0.1, 0.15) is 55.6 Å². The molecular formula is C18H20N2O5S. The van der Waals surface area contributed by atoms with E-state index in [1.54, 1.807) is 31.4 Å². The first kappa shape index (κ1) is 19.6. The van der Waals surface area contributed by atoms with Crippen LogP contribution in [0, 0.1) is 13.8 Å². The summed E-state index contributed by atoms with van der Waals surface area (Å²) < 4.78 is 5.09. The van der Waals surface area contributed by atoms with Crippen LogP contribution in [-0.2, 0) is 9.53 Å². The molecule has 0 spiro atoms. The largest absolute Gasteiger partial charge is 0.453 e. The van der Waals surface area contributed by atoms with E-state index in [1.807, 2.05) is 0 Å². The van der Waals surface area contributed by atoms with Gasteiger partial charge in [0.1, 0.15) is 6.54 Å². The van der Waals surface area contributed by atoms with Gasteiger partial charge in [-0.3, -0.25) is 19.2 Å². The van der Waals surface area contributed by atoms with Gasteiger partial charge in [-0.2, -0.15) is 0 Å². The highest BCUT2D eigenvalue weighted by molar-refractivity contribution is 7.12. The first-order chi connectivity index (χ1) is 12.2. The Balaban J connectivity index is 1.96. The van der Waals surface area contributed by atoms with Crippen molar-refractivity contribution in [2.75, 3.05) is 6.54 Å². The minimum Gasteiger partial charge on any atom is -0.453 e. The zero-order valence-electron chi connectivity index (χ0n) is 15.0. The molecule has 0 saturated carbocycles. The fourth-order valence-electron chi connectivity index (χ4n) is 2.67. The molecule has 0 aromatic carbocycles. The number of Topliss-reactive ketones (excluding diaryl/α,β-unsaturated/α-hetero) is 2. The normalized spacial score (nSPS) is 11.7. The molecule has 0 aliphatic carbocycles. The average molecular weight is 376 g/mol. The van der Waals surface area contributed by atoms with Crippen molar-refractivity contribution in [3.63, 3.8) is 0 Å². The molecule has 2 aromatic heterocycles. The monoisotopic (exact) mass is 376 g/mol. The van der Waals surface area contributed by atoms with Gasteiger partial charge in [0.05, 0.1) is 10.6 Å². The maximum Gasteiger partial charge on any atom is 0.326 e. The van der Waals surface area contributed by atoms with Crippen molar-refractivity contribution in [1.82, 2.24) is 10.3 Å². The summed E-state index contributed by atoms with van der Waals surface area (Å²) in [5.41, 5.74) is 1.85. The molecule has 0 saturated heterocycles. The maximum atomic E-state index is 12.5. The molecule has 26 heavy (non-hydrogen) atoms. The van der Waals surface area contributed by atoms with E-state index in [2.05, 4.69) is 10.3 Å². The lowest BCUT2D eigenvalue weighted by Gasteiger charge is -2.12. The third-order valence-electron chi connectivity index (χ3n) is 3.85. The minimum atomic E-state index is -1.04. The second-order valence-corrected chi connectivity index (χ2v) is 6.79. The zero-order valence-corrected chi connectivity index (χ0v) is 15.8. The van der Waals surface area contributed by atoms with Gasteiger partial charge in [0.25, 0.3) is 5.91 Å². The Morgan fingerprint density at radius 2 is 1.96 bits per heavy atom. The fraction of sp³-hybridized carbons (Fsp3) is 0.333. The Kier molecular flexibility index (Phi) is 6.10. The Hall–Kier alpha value is -2.74. The summed E-state index contributed by atoms with van der Waals surface area (Å²) in [6, 6.07) is 3.37. The lowest BCUT2D eigenvalue weighted by Crippen LogP contribution is -2.34. The molecule has 2 aromatic rings. The first-order valence-corrected chi connectivity index (χ1v) is 8.85. The number of aromatic amines is 1. The van der Waals surface area contributed by atoms with Crippen LogP contribution in [0.15, 0.2) is 17.5 Å². The molecule has 1 atom stereocenters. The van der Waals surface area contributed by atoms with Crippen LogP contribution in [-0.4, -0.2) is 41.1 Å². The predicted molar refractivity (Wildman–Crippen MR) is 96.8 cm³/mol. The van der Waals surface area contributed by atoms with Gasteiger partial charge in [0.2, 0.25) is 5.78 Å². The van der Waals surface area contributed by atoms with Crippen molar-refractivity contribution in [1.29, 1.82) is 0 Å². The summed E-state index contributed by atoms with van der Waals surface area (Å²) in [5, 5.41) is 4.20. The van der Waals surface area contributed by atoms with Crippen molar-refractivity contribution < 1.29 is 23.9 Å². The molecule has 0 bridgehead atoms. The van der Waals surface area contributed by atoms with Crippen LogP contribution < -0.4 is 5.32 Å². The van der Waals surface area contributed by atoms with Crippen LogP contribution in [0.3, 0.4) is 0 Å². The van der Waals surface area contributed by atoms with Gasteiger partial charge in [-0.05, 0) is 44.7 Å². The molecule has 1 amide bonds. The molecule has 0 aliphatic heterocycles. The number of ketones is 2. The van der Waals surface area contributed by atoms with Crippen LogP contribution >= 0.6 is 11.3 Å². The molecule has 0 aliphatic rings. The van der Waals surface area contributed by atoms with Crippen LogP contribution in [0.4, 0.5) is 0 Å². The van der Waals surface area contributed by atoms with E-state index in [0.717, 1.165) is 0 Å². The standard InChI is InChI=1S/C18H20N2O5S/c1-9-15(11(3)21)10(2)20-16(9)17(23)12(4)25-14(22)8-19-18(24)13-6-5-7-26-13/h5-7,12,20H,8H2,1-4H3,(H,19,24)/t12-/m0/s1. The van der Waals surface area contributed by atoms with E-state index in [0.29, 0.717) is 21.7 Å². The number of hydrogen-bond acceptors (Lipinski definition) is 6. The van der Waals surface area contributed by atoms with E-state index < -0.39 is 17.9 Å². The third-order valence-corrected chi connectivity index (χ3v) is 4.72. The van der Waals surface area contributed by atoms with Crippen LogP contribution in [0.25, 0.3) is 0 Å². The number of ether oxygens (including phenoxy) is 1. The lowest BCUT2D eigenvalue weighted by molar-refractivity contribution is -0.145. The highest BCUT2D eigenvalue weighted by Crippen LogP contribution is 2.20. The Morgan fingerprint density at radius 1 is 1.27 bits per heavy atom. The van der Waals surface area contributed by atoms with E-state index in [-0.39, 0.29) is 23.9 Å². The number of aromatic nitrogens is 1. The van der Waals surface area contributed by atoms with Gasteiger partial charge >= 0.3 is 5.97 Å². The highest BCUT2D eigenvalue weighted by atomic mass is 32.1. The van der Waals surface area contributed by atoms with E-state index >= 15 is 0 Å². The van der Waals surface area contributed by atoms with Gasteiger partial charge in [-0.15, -0.1) is 11.3 Å². The highest BCUT2D eigenvalue weighted by Gasteiger charge is 2.26. The molecule has 2 rings (SSSR count). The SMILES string of the molecule is CC(=O)c1c(C)[nH]c(C(=O)[C@H](C)OC(=O)CNC(=O)c2cccs2)c1C. The Labute approximate surface area is 154 Å². The fourth-order valence-corrected chi connectivity index (χ4v) is 3.31. The maximum absolute atomic E-state index is 12.5. The molecular weight excluding hydrogens is 356 g/mol. The molecule has 0 unspecified atom stereocenters. The molecule has 2 heterocycles. The number of aryl methyl sites for hydroxylation is 1. The van der Waals surface area contributed by atoms with Crippen molar-refractivity contribution in [2.24, 2.45) is 0 Å². The van der Waals surface area contributed by atoms with Crippen LogP contribution in [0.5, 0.6) is 0 Å². The van der Waals surface area contributed by atoms with E-state index in [1.165, 1.54) is 25.2 Å². The number of carbonyl (C=O) groups excluding carboxylic acids is 4. The topological polar surface area (TPSA) is 105 Å². The van der Waals surface area contributed by atoms with E-state index in [9.17, 15) is 19.2 Å². The molecule has 7 nitrogen and oxygen atoms in total. The number of nitrogens with one attached hydrogen (secondary N) is 2. The summed E-state index contributed by atoms with van der Waals surface area (Å²) in [6.07, 6.45) is -1.04. The quantitative estimate of drug-likeness (QED) is 0.570. The van der Waals surface area contributed by atoms with Gasteiger partial charge < -0.3 is 15.0 Å². The second kappa shape index (κ2) is 8.09. The number of H-pyrrole nitrogens is 1. The molecule has 0 fully saturated rings. The number of carbonyl (C=O) groups is 4. The summed E-state index contributed by atoms with van der Waals surface area (Å²) in [6.45, 7) is 5.91. The summed E-state index contributed by atoms with van der Waals surface area (Å²) in [4.78, 5) is 51.2. The zero-order chi connectivity index (χ0) is 19.4. The Morgan fingerprint density at radius 3 is 2.50 bits per heavy atom. The van der Waals surface area contributed by atoms with Crippen molar-refractivity contribution in [3.05, 3.63) is 44.9 Å². The van der Waals surface area contributed by atoms with Gasteiger partial charge in [-0.1, -0.05) is 6.07 Å². The van der Waals surface area contributed by atoms with Crippen molar-refractivity contribution in [3.8, 4) is 0 Å². The summed E-state index contributed by atoms with van der Waals surface area (Å²) in [7, 11) is 0. The second-order valence-electron chi connectivity index (χ2n) is 5.84. The first-order valence-electron chi connectivity index (χ1n) is 7.97. The number of thiophene rings is 1. The van der Waals surface area contributed by atoms with Crippen molar-refractivity contribution >= 4 is 34.8 Å². The van der Waals surface area contributed by atoms with Crippen LogP contribution in [0.2, 0.25) is 0 Å². The lowest BCUT2D eigenvalue weighted by atomic mass is 10.0. The van der Waals surface area contributed by atoms with Gasteiger partial charge in [-0.25, -0.2) is 0 Å².